The van der Waals surface area contributed by atoms with E-state index in [0.717, 1.165) is 33.8 Å². The van der Waals surface area contributed by atoms with Gasteiger partial charge in [0, 0.05) is 10.6 Å². The zero-order chi connectivity index (χ0) is 12.4. The zero-order valence-corrected chi connectivity index (χ0v) is 10.8. The fraction of sp³-hybridized carbons (Fsp3) is 0.214. The minimum absolute atomic E-state index is 0.574. The number of hydrogen-bond acceptors (Lipinski definition) is 2. The van der Waals surface area contributed by atoms with Crippen LogP contribution >= 0.6 is 11.6 Å². The summed E-state index contributed by atoms with van der Waals surface area (Å²) < 4.78 is 0. The molecule has 0 aliphatic rings. The third-order valence-electron chi connectivity index (χ3n) is 2.76. The summed E-state index contributed by atoms with van der Waals surface area (Å²) in [6, 6.07) is 9.73. The van der Waals surface area contributed by atoms with Crippen LogP contribution in [-0.2, 0) is 6.42 Å². The number of hydrogen-bond donors (Lipinski definition) is 1. The number of rotatable bonds is 2. The van der Waals surface area contributed by atoms with Crippen molar-refractivity contribution in [2.75, 3.05) is 5.73 Å². The molecule has 0 spiro atoms. The number of benzene rings is 1. The monoisotopic (exact) mass is 246 g/mol. The minimum Gasteiger partial charge on any atom is -0.384 e. The molecular weight excluding hydrogens is 232 g/mol. The van der Waals surface area contributed by atoms with Gasteiger partial charge in [0.1, 0.15) is 5.82 Å². The summed E-state index contributed by atoms with van der Waals surface area (Å²) in [7, 11) is 0. The Hall–Kier alpha value is -1.54. The van der Waals surface area contributed by atoms with E-state index in [1.807, 2.05) is 37.3 Å². The van der Waals surface area contributed by atoms with Gasteiger partial charge in [0.15, 0.2) is 0 Å². The average Bonchev–Trinajstić information content (AvgIpc) is 2.27. The normalized spacial score (nSPS) is 10.5. The molecule has 88 valence electrons. The third-order valence-corrected chi connectivity index (χ3v) is 2.99. The van der Waals surface area contributed by atoms with Crippen LogP contribution in [0, 0.1) is 6.92 Å². The lowest BCUT2D eigenvalue weighted by Gasteiger charge is -2.12. The number of nitrogens with zero attached hydrogens (tertiary/aromatic N) is 1. The van der Waals surface area contributed by atoms with Crippen molar-refractivity contribution in [3.8, 4) is 11.1 Å². The van der Waals surface area contributed by atoms with E-state index >= 15 is 0 Å². The second kappa shape index (κ2) is 4.76. The van der Waals surface area contributed by atoms with Crippen molar-refractivity contribution < 1.29 is 0 Å². The largest absolute Gasteiger partial charge is 0.384 e. The van der Waals surface area contributed by atoms with E-state index in [1.54, 1.807) is 0 Å². The molecule has 0 atom stereocenters. The smallest absolute Gasteiger partial charge is 0.123 e. The van der Waals surface area contributed by atoms with Crippen LogP contribution in [-0.4, -0.2) is 4.98 Å². The summed E-state index contributed by atoms with van der Waals surface area (Å²) >= 11 is 6.03. The molecule has 0 bridgehead atoms. The summed E-state index contributed by atoms with van der Waals surface area (Å²) in [4.78, 5) is 4.39. The summed E-state index contributed by atoms with van der Waals surface area (Å²) in [5, 5.41) is 0.737. The van der Waals surface area contributed by atoms with Gasteiger partial charge in [0.2, 0.25) is 0 Å². The molecule has 1 aromatic heterocycles. The first-order valence-corrected chi connectivity index (χ1v) is 6.01. The maximum absolute atomic E-state index is 6.03. The number of aromatic nitrogens is 1. The lowest BCUT2D eigenvalue weighted by atomic mass is 9.98. The predicted octanol–water partition coefficient (Wildman–Crippen LogP) is 3.86. The summed E-state index contributed by atoms with van der Waals surface area (Å²) in [5.41, 5.74) is 10.2. The highest BCUT2D eigenvalue weighted by molar-refractivity contribution is 6.30. The first-order chi connectivity index (χ1) is 8.11. The Morgan fingerprint density at radius 1 is 1.29 bits per heavy atom. The zero-order valence-electron chi connectivity index (χ0n) is 10.00. The van der Waals surface area contributed by atoms with Crippen molar-refractivity contribution in [1.29, 1.82) is 0 Å². The highest BCUT2D eigenvalue weighted by Gasteiger charge is 2.10. The molecule has 0 aliphatic heterocycles. The fourth-order valence-corrected chi connectivity index (χ4v) is 2.25. The molecular formula is C14H15ClN2. The quantitative estimate of drug-likeness (QED) is 0.874. The van der Waals surface area contributed by atoms with Crippen LogP contribution in [0.4, 0.5) is 5.82 Å². The van der Waals surface area contributed by atoms with Crippen LogP contribution in [0.2, 0.25) is 5.02 Å². The molecule has 3 heteroatoms. The van der Waals surface area contributed by atoms with Gasteiger partial charge in [-0.15, -0.1) is 0 Å². The molecule has 0 saturated carbocycles. The van der Waals surface area contributed by atoms with Crippen LogP contribution in [0.1, 0.15) is 18.2 Å². The van der Waals surface area contributed by atoms with Crippen LogP contribution in [0.5, 0.6) is 0 Å². The van der Waals surface area contributed by atoms with Crippen molar-refractivity contribution in [2.24, 2.45) is 0 Å². The van der Waals surface area contributed by atoms with Gasteiger partial charge in [-0.2, -0.15) is 0 Å². The van der Waals surface area contributed by atoms with Crippen molar-refractivity contribution in [2.45, 2.75) is 20.3 Å². The van der Waals surface area contributed by atoms with Gasteiger partial charge >= 0.3 is 0 Å². The Kier molecular flexibility index (Phi) is 3.34. The van der Waals surface area contributed by atoms with E-state index in [9.17, 15) is 0 Å². The van der Waals surface area contributed by atoms with Gasteiger partial charge < -0.3 is 5.73 Å². The van der Waals surface area contributed by atoms with Gasteiger partial charge in [-0.05, 0) is 42.7 Å². The Morgan fingerprint density at radius 2 is 2.06 bits per heavy atom. The van der Waals surface area contributed by atoms with E-state index in [1.165, 1.54) is 0 Å². The van der Waals surface area contributed by atoms with Gasteiger partial charge in [-0.1, -0.05) is 30.7 Å². The number of pyridine rings is 1. The number of nitrogens with two attached hydrogens (primary N) is 1. The Balaban J connectivity index is 2.66. The van der Waals surface area contributed by atoms with E-state index in [-0.39, 0.29) is 0 Å². The van der Waals surface area contributed by atoms with Crippen LogP contribution in [0.3, 0.4) is 0 Å². The molecule has 2 rings (SSSR count). The topological polar surface area (TPSA) is 38.9 Å². The highest BCUT2D eigenvalue weighted by atomic mass is 35.5. The third kappa shape index (κ3) is 2.42. The first-order valence-electron chi connectivity index (χ1n) is 5.63. The van der Waals surface area contributed by atoms with Gasteiger partial charge in [0.25, 0.3) is 0 Å². The second-order valence-corrected chi connectivity index (χ2v) is 4.49. The molecule has 0 radical (unpaired) electrons. The van der Waals surface area contributed by atoms with Crippen LogP contribution < -0.4 is 5.73 Å². The molecule has 2 N–H and O–H groups in total. The SMILES string of the molecule is CCc1nc(N)cc(C)c1-c1cccc(Cl)c1. The van der Waals surface area contributed by atoms with E-state index < -0.39 is 0 Å². The molecule has 17 heavy (non-hydrogen) atoms. The fourth-order valence-electron chi connectivity index (χ4n) is 2.06. The number of nitrogen functional groups attached to an aromatic ring is 1. The Morgan fingerprint density at radius 3 is 2.71 bits per heavy atom. The van der Waals surface area contributed by atoms with Crippen molar-refractivity contribution in [3.05, 3.63) is 46.6 Å². The molecule has 2 aromatic rings. The Labute approximate surface area is 106 Å². The predicted molar refractivity (Wildman–Crippen MR) is 73.2 cm³/mol. The molecule has 0 aliphatic carbocycles. The highest BCUT2D eigenvalue weighted by Crippen LogP contribution is 2.29. The summed E-state index contributed by atoms with van der Waals surface area (Å²) in [6.07, 6.45) is 0.855. The Bertz CT molecular complexity index is 550. The number of halogens is 1. The standard InChI is InChI=1S/C14H15ClN2/c1-3-12-14(9(2)7-13(16)17-12)10-5-4-6-11(15)8-10/h4-8H,3H2,1-2H3,(H2,16,17). The molecule has 0 unspecified atom stereocenters. The van der Waals surface area contributed by atoms with E-state index in [2.05, 4.69) is 11.9 Å². The average molecular weight is 247 g/mol. The van der Waals surface area contributed by atoms with E-state index in [4.69, 9.17) is 17.3 Å². The second-order valence-electron chi connectivity index (χ2n) is 4.05. The van der Waals surface area contributed by atoms with Crippen LogP contribution in [0.25, 0.3) is 11.1 Å². The first kappa shape index (κ1) is 11.9. The maximum Gasteiger partial charge on any atom is 0.123 e. The van der Waals surface area contributed by atoms with Gasteiger partial charge in [-0.3, -0.25) is 0 Å². The van der Waals surface area contributed by atoms with Gasteiger partial charge in [-0.25, -0.2) is 4.98 Å². The number of aryl methyl sites for hydroxylation is 2. The van der Waals surface area contributed by atoms with Crippen molar-refractivity contribution >= 4 is 17.4 Å². The van der Waals surface area contributed by atoms with Crippen LogP contribution in [0.15, 0.2) is 30.3 Å². The molecule has 2 nitrogen and oxygen atoms in total. The van der Waals surface area contributed by atoms with Crippen molar-refractivity contribution in [3.63, 3.8) is 0 Å². The minimum atomic E-state index is 0.574. The number of anilines is 1. The molecule has 1 heterocycles. The van der Waals surface area contributed by atoms with Crippen molar-refractivity contribution in [1.82, 2.24) is 4.98 Å². The summed E-state index contributed by atoms with van der Waals surface area (Å²) in [6.45, 7) is 4.13. The maximum atomic E-state index is 6.03. The molecule has 0 saturated heterocycles. The molecule has 0 amide bonds. The lowest BCUT2D eigenvalue weighted by molar-refractivity contribution is 1.04. The summed E-state index contributed by atoms with van der Waals surface area (Å²) in [5.74, 6) is 0.574. The molecule has 0 fully saturated rings. The molecule has 1 aromatic carbocycles. The van der Waals surface area contributed by atoms with E-state index in [0.29, 0.717) is 5.82 Å². The lowest BCUT2D eigenvalue weighted by Crippen LogP contribution is -2.00. The van der Waals surface area contributed by atoms with Gasteiger partial charge in [0.05, 0.1) is 5.69 Å².